The van der Waals surface area contributed by atoms with Gasteiger partial charge in [-0.2, -0.15) is 0 Å². The van der Waals surface area contributed by atoms with Gasteiger partial charge in [0.25, 0.3) is 11.8 Å². The molecule has 3 aromatic rings. The molecule has 1 aromatic heterocycles. The summed E-state index contributed by atoms with van der Waals surface area (Å²) in [5.74, 6) is 0.322. The lowest BCUT2D eigenvalue weighted by molar-refractivity contribution is -0.134. The van der Waals surface area contributed by atoms with Crippen molar-refractivity contribution in [2.75, 3.05) is 18.6 Å². The summed E-state index contributed by atoms with van der Waals surface area (Å²) < 4.78 is 7.41. The van der Waals surface area contributed by atoms with Crippen LogP contribution in [-0.2, 0) is 17.8 Å². The Morgan fingerprint density at radius 1 is 0.933 bits per heavy atom. The SMILES string of the molecule is Cc1ccc(C)n1NC(=O)c1ccc(OCC(=O)N2CCc3ccccc3C2)cc1. The molecule has 2 aromatic carbocycles. The van der Waals surface area contributed by atoms with Gasteiger partial charge < -0.3 is 9.64 Å². The number of carbonyl (C=O) groups is 2. The van der Waals surface area contributed by atoms with Crippen LogP contribution in [0.4, 0.5) is 0 Å². The van der Waals surface area contributed by atoms with Crippen LogP contribution in [0.15, 0.2) is 60.7 Å². The number of nitrogens with zero attached hydrogens (tertiary/aromatic N) is 2. The van der Waals surface area contributed by atoms with Gasteiger partial charge in [0, 0.05) is 30.0 Å². The molecular formula is C24H25N3O3. The molecule has 0 spiro atoms. The number of aromatic nitrogens is 1. The van der Waals surface area contributed by atoms with Crippen LogP contribution in [0, 0.1) is 13.8 Å². The second kappa shape index (κ2) is 8.45. The number of ether oxygens (including phenoxy) is 1. The molecule has 0 atom stereocenters. The largest absolute Gasteiger partial charge is 0.484 e. The van der Waals surface area contributed by atoms with Crippen molar-refractivity contribution in [1.82, 2.24) is 9.58 Å². The lowest BCUT2D eigenvalue weighted by Gasteiger charge is -2.28. The van der Waals surface area contributed by atoms with E-state index in [1.165, 1.54) is 11.1 Å². The first-order valence-corrected chi connectivity index (χ1v) is 10.0. The molecule has 6 heteroatoms. The highest BCUT2D eigenvalue weighted by Gasteiger charge is 2.20. The van der Waals surface area contributed by atoms with Crippen molar-refractivity contribution < 1.29 is 14.3 Å². The molecule has 0 saturated heterocycles. The summed E-state index contributed by atoms with van der Waals surface area (Å²) in [5, 5.41) is 0. The third kappa shape index (κ3) is 4.22. The molecule has 6 nitrogen and oxygen atoms in total. The minimum atomic E-state index is -0.202. The van der Waals surface area contributed by atoms with Crippen molar-refractivity contribution in [2.45, 2.75) is 26.8 Å². The first-order chi connectivity index (χ1) is 14.5. The fourth-order valence-corrected chi connectivity index (χ4v) is 3.66. The fourth-order valence-electron chi connectivity index (χ4n) is 3.66. The molecule has 4 rings (SSSR count). The summed E-state index contributed by atoms with van der Waals surface area (Å²) in [6.45, 7) is 5.17. The monoisotopic (exact) mass is 403 g/mol. The standard InChI is InChI=1S/C24H25N3O3/c1-17-7-8-18(2)27(17)25-24(29)20-9-11-22(12-10-20)30-16-23(28)26-14-13-19-5-3-4-6-21(19)15-26/h3-12H,13-16H2,1-2H3,(H,25,29). The highest BCUT2D eigenvalue weighted by molar-refractivity contribution is 6.00. The lowest BCUT2D eigenvalue weighted by Crippen LogP contribution is -2.38. The number of aryl methyl sites for hydroxylation is 2. The number of amides is 2. The number of rotatable bonds is 5. The van der Waals surface area contributed by atoms with Crippen LogP contribution in [0.2, 0.25) is 0 Å². The van der Waals surface area contributed by atoms with Crippen LogP contribution in [0.3, 0.4) is 0 Å². The maximum Gasteiger partial charge on any atom is 0.270 e. The molecule has 1 N–H and O–H groups in total. The molecule has 0 unspecified atom stereocenters. The molecule has 1 aliphatic heterocycles. The summed E-state index contributed by atoms with van der Waals surface area (Å²) in [5.41, 5.74) is 7.81. The van der Waals surface area contributed by atoms with Crippen molar-refractivity contribution in [3.63, 3.8) is 0 Å². The average molecular weight is 403 g/mol. The summed E-state index contributed by atoms with van der Waals surface area (Å²) in [7, 11) is 0. The molecule has 154 valence electrons. The van der Waals surface area contributed by atoms with Gasteiger partial charge in [-0.25, -0.2) is 0 Å². The van der Waals surface area contributed by atoms with Gasteiger partial charge in [0.2, 0.25) is 0 Å². The molecule has 0 saturated carbocycles. The smallest absolute Gasteiger partial charge is 0.270 e. The second-order valence-corrected chi connectivity index (χ2v) is 7.54. The van der Waals surface area contributed by atoms with Crippen LogP contribution in [0.1, 0.15) is 32.9 Å². The predicted molar refractivity (Wildman–Crippen MR) is 115 cm³/mol. The minimum Gasteiger partial charge on any atom is -0.484 e. The molecule has 0 aliphatic carbocycles. The van der Waals surface area contributed by atoms with Crippen molar-refractivity contribution >= 4 is 11.8 Å². The fraction of sp³-hybridized carbons (Fsp3) is 0.250. The Balaban J connectivity index is 1.32. The third-order valence-corrected chi connectivity index (χ3v) is 5.45. The minimum absolute atomic E-state index is 0.0184. The van der Waals surface area contributed by atoms with E-state index in [1.54, 1.807) is 28.9 Å². The topological polar surface area (TPSA) is 63.6 Å². The van der Waals surface area contributed by atoms with E-state index < -0.39 is 0 Å². The quantitative estimate of drug-likeness (QED) is 0.710. The highest BCUT2D eigenvalue weighted by atomic mass is 16.5. The van der Waals surface area contributed by atoms with E-state index >= 15 is 0 Å². The Kier molecular flexibility index (Phi) is 5.57. The van der Waals surface area contributed by atoms with Gasteiger partial charge in [-0.1, -0.05) is 24.3 Å². The number of carbonyl (C=O) groups excluding carboxylic acids is 2. The van der Waals surface area contributed by atoms with Crippen LogP contribution in [0.25, 0.3) is 0 Å². The van der Waals surface area contributed by atoms with Gasteiger partial charge in [0.05, 0.1) is 0 Å². The normalized spacial score (nSPS) is 12.9. The maximum atomic E-state index is 12.5. The number of hydrogen-bond acceptors (Lipinski definition) is 3. The van der Waals surface area contributed by atoms with Crippen LogP contribution >= 0.6 is 0 Å². The molecule has 2 heterocycles. The molecule has 30 heavy (non-hydrogen) atoms. The van der Waals surface area contributed by atoms with Gasteiger partial charge in [-0.15, -0.1) is 0 Å². The summed E-state index contributed by atoms with van der Waals surface area (Å²) in [6, 6.07) is 18.9. The molecule has 0 bridgehead atoms. The molecule has 0 radical (unpaired) electrons. The zero-order chi connectivity index (χ0) is 21.1. The van der Waals surface area contributed by atoms with E-state index in [1.807, 2.05) is 43.0 Å². The first kappa shape index (κ1) is 19.8. The molecule has 2 amide bonds. The predicted octanol–water partition coefficient (Wildman–Crippen LogP) is 3.45. The van der Waals surface area contributed by atoms with Crippen LogP contribution in [-0.4, -0.2) is 34.5 Å². The zero-order valence-electron chi connectivity index (χ0n) is 17.2. The van der Waals surface area contributed by atoms with Gasteiger partial charge in [0.1, 0.15) is 5.75 Å². The Hall–Kier alpha value is -3.54. The van der Waals surface area contributed by atoms with E-state index in [9.17, 15) is 9.59 Å². The Morgan fingerprint density at radius 3 is 2.30 bits per heavy atom. The van der Waals surface area contributed by atoms with Gasteiger partial charge in [-0.3, -0.25) is 19.7 Å². The first-order valence-electron chi connectivity index (χ1n) is 10.0. The van der Waals surface area contributed by atoms with E-state index in [0.29, 0.717) is 24.4 Å². The van der Waals surface area contributed by atoms with Crippen molar-refractivity contribution in [3.8, 4) is 5.75 Å². The van der Waals surface area contributed by atoms with Crippen LogP contribution < -0.4 is 10.2 Å². The number of hydrogen-bond donors (Lipinski definition) is 1. The maximum absolute atomic E-state index is 12.5. The molecule has 0 fully saturated rings. The zero-order valence-corrected chi connectivity index (χ0v) is 17.2. The van der Waals surface area contributed by atoms with E-state index in [4.69, 9.17) is 4.74 Å². The third-order valence-electron chi connectivity index (χ3n) is 5.45. The van der Waals surface area contributed by atoms with Crippen molar-refractivity contribution in [2.24, 2.45) is 0 Å². The van der Waals surface area contributed by atoms with Crippen molar-refractivity contribution in [1.29, 1.82) is 0 Å². The van der Waals surface area contributed by atoms with Crippen molar-refractivity contribution in [3.05, 3.63) is 88.7 Å². The Morgan fingerprint density at radius 2 is 1.60 bits per heavy atom. The van der Waals surface area contributed by atoms with E-state index in [2.05, 4.69) is 17.6 Å². The number of benzene rings is 2. The Labute approximate surface area is 176 Å². The number of nitrogens with one attached hydrogen (secondary N) is 1. The van der Waals surface area contributed by atoms with Gasteiger partial charge in [0.15, 0.2) is 6.61 Å². The summed E-state index contributed by atoms with van der Waals surface area (Å²) in [6.07, 6.45) is 0.867. The van der Waals surface area contributed by atoms with E-state index in [0.717, 1.165) is 17.8 Å². The van der Waals surface area contributed by atoms with E-state index in [-0.39, 0.29) is 18.4 Å². The lowest BCUT2D eigenvalue weighted by atomic mass is 10.00. The molecular weight excluding hydrogens is 378 g/mol. The summed E-state index contributed by atoms with van der Waals surface area (Å²) >= 11 is 0. The summed E-state index contributed by atoms with van der Waals surface area (Å²) in [4.78, 5) is 26.8. The highest BCUT2D eigenvalue weighted by Crippen LogP contribution is 2.19. The average Bonchev–Trinajstić information content (AvgIpc) is 3.09. The second-order valence-electron chi connectivity index (χ2n) is 7.54. The number of fused-ring (bicyclic) bond motifs is 1. The van der Waals surface area contributed by atoms with Gasteiger partial charge in [-0.05, 0) is 67.8 Å². The Bertz CT molecular complexity index is 1050. The molecule has 1 aliphatic rings. The van der Waals surface area contributed by atoms with Gasteiger partial charge >= 0.3 is 0 Å². The van der Waals surface area contributed by atoms with Crippen LogP contribution in [0.5, 0.6) is 5.75 Å².